The first kappa shape index (κ1) is 45.5. The van der Waals surface area contributed by atoms with Gasteiger partial charge in [-0.25, -0.2) is 0 Å². The summed E-state index contributed by atoms with van der Waals surface area (Å²) >= 11 is 0. The molecule has 4 atom stereocenters. The Morgan fingerprint density at radius 3 is 1.10 bits per heavy atom. The van der Waals surface area contributed by atoms with E-state index in [0.717, 1.165) is 0 Å². The molecule has 2 fully saturated rings. The molecule has 12 heteroatoms. The highest BCUT2D eigenvalue weighted by molar-refractivity contribution is 7.00. The fourth-order valence-corrected chi connectivity index (χ4v) is 18.3. The average Bonchev–Trinajstić information content (AvgIpc) is 3.93. The quantitative estimate of drug-likeness (QED) is 0.0831. The minimum Gasteiger partial charge on any atom is -0.403 e. The Morgan fingerprint density at radius 2 is 0.817 bits per heavy atom. The molecule has 2 saturated heterocycles. The van der Waals surface area contributed by atoms with Gasteiger partial charge in [0.15, 0.2) is 0 Å². The maximum atomic E-state index is 13.1. The molecule has 4 aromatic rings. The summed E-state index contributed by atoms with van der Waals surface area (Å²) in [5.41, 5.74) is 0. The van der Waals surface area contributed by atoms with E-state index < -0.39 is 16.6 Å². The van der Waals surface area contributed by atoms with Crippen LogP contribution in [0.5, 0.6) is 0 Å². The smallest absolute Gasteiger partial charge is 0.261 e. The second kappa shape index (κ2) is 20.7. The van der Waals surface area contributed by atoms with Gasteiger partial charge >= 0.3 is 0 Å². The highest BCUT2D eigenvalue weighted by atomic mass is 28.4. The van der Waals surface area contributed by atoms with E-state index in [1.165, 1.54) is 20.7 Å². The largest absolute Gasteiger partial charge is 0.403 e. The van der Waals surface area contributed by atoms with Gasteiger partial charge in [-0.05, 0) is 43.7 Å². The molecule has 0 aromatic heterocycles. The predicted octanol–water partition coefficient (Wildman–Crippen LogP) is 3.87. The van der Waals surface area contributed by atoms with Crippen molar-refractivity contribution in [3.05, 3.63) is 121 Å². The van der Waals surface area contributed by atoms with Crippen LogP contribution in [0.4, 0.5) is 0 Å². The monoisotopic (exact) mass is 850 g/mol. The van der Waals surface area contributed by atoms with Crippen LogP contribution < -0.4 is 42.0 Å². The maximum Gasteiger partial charge on any atom is 0.261 e. The molecule has 60 heavy (non-hydrogen) atoms. The number of nitrogens with one attached hydrogen (secondary N) is 4. The van der Waals surface area contributed by atoms with Gasteiger partial charge in [0.1, 0.15) is 0 Å². The zero-order valence-electron chi connectivity index (χ0n) is 36.4. The zero-order chi connectivity index (χ0) is 42.6. The summed E-state index contributed by atoms with van der Waals surface area (Å²) in [7, 11) is -5.42. The van der Waals surface area contributed by atoms with Crippen LogP contribution in [0.25, 0.3) is 0 Å². The van der Waals surface area contributed by atoms with E-state index in [-0.39, 0.29) is 46.2 Å². The highest BCUT2D eigenvalue weighted by Crippen LogP contribution is 2.39. The second-order valence-corrected chi connectivity index (χ2v) is 26.5. The van der Waals surface area contributed by atoms with Crippen LogP contribution in [0, 0.1) is 0 Å². The van der Waals surface area contributed by atoms with E-state index in [9.17, 15) is 9.59 Å². The first-order valence-electron chi connectivity index (χ1n) is 21.6. The number of hydrogen-bond donors (Lipinski definition) is 4. The fourth-order valence-electron chi connectivity index (χ4n) is 8.93. The molecular weight excluding hydrogens is 785 g/mol. The lowest BCUT2D eigenvalue weighted by molar-refractivity contribution is -0.124. The Labute approximate surface area is 359 Å². The van der Waals surface area contributed by atoms with E-state index in [1.807, 2.05) is 24.3 Å². The van der Waals surface area contributed by atoms with E-state index in [0.29, 0.717) is 65.4 Å². The number of amides is 2. The second-order valence-electron chi connectivity index (χ2n) is 18.0. The third-order valence-electron chi connectivity index (χ3n) is 11.8. The standard InChI is InChI=1S/C48H66N4O6Si2/c1-47(2,3)59(39-19-11-7-12-20-39,40-21-13-8-14-22-40)57-37-33-43(51-35-37)45(53)49-27-29-55-31-32-56-30-28-50-46(54)44-34-38(36-52-44)58-60(48(4,5)6,41-23-15-9-16-24-41)42-25-17-10-18-26-42/h7-26,37-38,43-44,51-52H,27-36H2,1-6H3,(H,49,53)(H,50,54)/t37-,38-,43+,44+/m1/s1. The lowest BCUT2D eigenvalue weighted by atomic mass is 10.2. The summed E-state index contributed by atoms with van der Waals surface area (Å²) in [5.74, 6) is -0.0893. The minimum atomic E-state index is -2.71. The summed E-state index contributed by atoms with van der Waals surface area (Å²) in [4.78, 5) is 26.3. The number of benzene rings is 4. The Kier molecular flexibility index (Phi) is 15.7. The lowest BCUT2D eigenvalue weighted by Gasteiger charge is -2.44. The molecule has 0 spiro atoms. The van der Waals surface area contributed by atoms with Crippen molar-refractivity contribution in [3.8, 4) is 0 Å². The van der Waals surface area contributed by atoms with Crippen LogP contribution in [0.3, 0.4) is 0 Å². The van der Waals surface area contributed by atoms with Crippen molar-refractivity contribution >= 4 is 49.2 Å². The van der Waals surface area contributed by atoms with Gasteiger partial charge in [-0.3, -0.25) is 9.59 Å². The molecule has 2 aliphatic heterocycles. The molecule has 2 heterocycles. The SMILES string of the molecule is CC(C)(C)[Si](O[C@H]1CN[C@H](C(=O)NCCOCCOCCNC(=O)[C@@H]2C[C@@H](O[Si](c3ccccc3)(c3ccccc3)C(C)(C)C)CN2)C1)(c1ccccc1)c1ccccc1. The van der Waals surface area contributed by atoms with E-state index in [4.69, 9.17) is 18.3 Å². The molecule has 0 radical (unpaired) electrons. The third-order valence-corrected chi connectivity index (χ3v) is 22.0. The molecule has 6 rings (SSSR count). The van der Waals surface area contributed by atoms with Gasteiger partial charge in [-0.2, -0.15) is 0 Å². The van der Waals surface area contributed by atoms with Crippen molar-refractivity contribution in [2.24, 2.45) is 0 Å². The van der Waals surface area contributed by atoms with Crippen LogP contribution in [0.1, 0.15) is 54.4 Å². The molecule has 10 nitrogen and oxygen atoms in total. The molecule has 0 bridgehead atoms. The fraction of sp³-hybridized carbons (Fsp3) is 0.458. The van der Waals surface area contributed by atoms with Crippen LogP contribution >= 0.6 is 0 Å². The van der Waals surface area contributed by atoms with Crippen molar-refractivity contribution < 1.29 is 27.9 Å². The topological polar surface area (TPSA) is 119 Å². The Hall–Kier alpha value is -3.99. The van der Waals surface area contributed by atoms with Crippen LogP contribution in [0.15, 0.2) is 121 Å². The molecule has 322 valence electrons. The molecule has 0 saturated carbocycles. The lowest BCUT2D eigenvalue weighted by Crippen LogP contribution is -2.67. The Bertz CT molecular complexity index is 1710. The van der Waals surface area contributed by atoms with Gasteiger partial charge in [-0.1, -0.05) is 163 Å². The molecule has 4 N–H and O–H groups in total. The molecule has 0 unspecified atom stereocenters. The molecule has 0 aliphatic carbocycles. The molecular formula is C48H66N4O6Si2. The number of carbonyl (C=O) groups excluding carboxylic acids is 2. The minimum absolute atomic E-state index is 0.0447. The normalized spacial score (nSPS) is 19.9. The average molecular weight is 851 g/mol. The summed E-state index contributed by atoms with van der Waals surface area (Å²) in [6.45, 7) is 17.2. The van der Waals surface area contributed by atoms with Gasteiger partial charge in [0, 0.05) is 26.2 Å². The third kappa shape index (κ3) is 10.7. The number of ether oxygens (including phenoxy) is 2. The van der Waals surface area contributed by atoms with Crippen LogP contribution in [-0.2, 0) is 27.9 Å². The summed E-state index contributed by atoms with van der Waals surface area (Å²) in [5, 5.41) is 17.5. The first-order chi connectivity index (χ1) is 28.8. The predicted molar refractivity (Wildman–Crippen MR) is 245 cm³/mol. The van der Waals surface area contributed by atoms with Gasteiger partial charge < -0.3 is 39.6 Å². The van der Waals surface area contributed by atoms with E-state index in [1.54, 1.807) is 0 Å². The van der Waals surface area contributed by atoms with Crippen LogP contribution in [0.2, 0.25) is 10.1 Å². The Morgan fingerprint density at radius 1 is 0.517 bits per heavy atom. The molecule has 4 aromatic carbocycles. The maximum absolute atomic E-state index is 13.1. The highest BCUT2D eigenvalue weighted by Gasteiger charge is 2.53. The number of rotatable bonds is 19. The van der Waals surface area contributed by atoms with Crippen molar-refractivity contribution in [2.45, 2.75) is 88.8 Å². The van der Waals surface area contributed by atoms with Gasteiger partial charge in [0.25, 0.3) is 16.6 Å². The van der Waals surface area contributed by atoms with Crippen molar-refractivity contribution in [1.29, 1.82) is 0 Å². The van der Waals surface area contributed by atoms with Crippen molar-refractivity contribution in [2.75, 3.05) is 52.6 Å². The van der Waals surface area contributed by atoms with Crippen LogP contribution in [-0.4, -0.2) is 105 Å². The zero-order valence-corrected chi connectivity index (χ0v) is 38.4. The van der Waals surface area contributed by atoms with Crippen molar-refractivity contribution in [1.82, 2.24) is 21.3 Å². The van der Waals surface area contributed by atoms with E-state index in [2.05, 4.69) is 160 Å². The van der Waals surface area contributed by atoms with Crippen molar-refractivity contribution in [3.63, 3.8) is 0 Å². The molecule has 2 amide bonds. The van der Waals surface area contributed by atoms with Gasteiger partial charge in [0.2, 0.25) is 11.8 Å². The van der Waals surface area contributed by atoms with Gasteiger partial charge in [0.05, 0.1) is 50.7 Å². The summed E-state index contributed by atoms with van der Waals surface area (Å²) in [6.07, 6.45) is 1.03. The van der Waals surface area contributed by atoms with Gasteiger partial charge in [-0.15, -0.1) is 0 Å². The van der Waals surface area contributed by atoms with E-state index >= 15 is 0 Å². The first-order valence-corrected chi connectivity index (χ1v) is 25.4. The number of hydrogen-bond acceptors (Lipinski definition) is 8. The molecule has 2 aliphatic rings. The summed E-state index contributed by atoms with van der Waals surface area (Å²) < 4.78 is 25.9. The number of carbonyl (C=O) groups is 2. The summed E-state index contributed by atoms with van der Waals surface area (Å²) in [6, 6.07) is 41.8. The Balaban J connectivity index is 0.871.